The zero-order chi connectivity index (χ0) is 23.2. The summed E-state index contributed by atoms with van der Waals surface area (Å²) in [6, 6.07) is 0. The minimum atomic E-state index is 0.818. The second-order valence-corrected chi connectivity index (χ2v) is 11.6. The Balaban J connectivity index is 0.000000233. The summed E-state index contributed by atoms with van der Waals surface area (Å²) in [6.07, 6.45) is 7.12. The molecule has 3 heterocycles. The lowest BCUT2D eigenvalue weighted by atomic mass is 9.87. The van der Waals surface area contributed by atoms with Crippen molar-refractivity contribution in [1.82, 2.24) is 19.6 Å². The van der Waals surface area contributed by atoms with Crippen LogP contribution in [0.5, 0.6) is 0 Å². The molecule has 3 rings (SSSR count). The van der Waals surface area contributed by atoms with Gasteiger partial charge < -0.3 is 19.6 Å². The summed E-state index contributed by atoms with van der Waals surface area (Å²) in [5.41, 5.74) is 0. The van der Waals surface area contributed by atoms with Crippen molar-refractivity contribution in [1.29, 1.82) is 0 Å². The molecule has 0 aromatic heterocycles. The first-order valence-electron chi connectivity index (χ1n) is 13.5. The smallest absolute Gasteiger partial charge is 0.0110 e. The fraction of sp³-hybridized carbons (Fsp3) is 1.00. The molecule has 0 bridgehead atoms. The zero-order valence-electron chi connectivity index (χ0n) is 22.7. The van der Waals surface area contributed by atoms with Gasteiger partial charge in [-0.15, -0.1) is 0 Å². The molecule has 3 aliphatic heterocycles. The van der Waals surface area contributed by atoms with E-state index in [1.54, 1.807) is 0 Å². The van der Waals surface area contributed by atoms with E-state index in [0.717, 1.165) is 23.7 Å². The van der Waals surface area contributed by atoms with Crippen LogP contribution in [0.1, 0.15) is 73.6 Å². The molecule has 3 saturated heterocycles. The molecule has 31 heavy (non-hydrogen) atoms. The molecule has 0 aromatic rings. The van der Waals surface area contributed by atoms with Crippen LogP contribution in [0.4, 0.5) is 0 Å². The monoisotopic (exact) mass is 438 g/mol. The van der Waals surface area contributed by atoms with Crippen molar-refractivity contribution in [2.45, 2.75) is 73.6 Å². The summed E-state index contributed by atoms with van der Waals surface area (Å²) in [4.78, 5) is 9.98. The van der Waals surface area contributed by atoms with E-state index in [4.69, 9.17) is 0 Å². The van der Waals surface area contributed by atoms with Gasteiger partial charge in [0.25, 0.3) is 0 Å². The minimum Gasteiger partial charge on any atom is -0.306 e. The van der Waals surface area contributed by atoms with Crippen LogP contribution in [0.3, 0.4) is 0 Å². The Morgan fingerprint density at radius 2 is 0.968 bits per heavy atom. The number of hydrogen-bond donors (Lipinski definition) is 0. The SMILES string of the molecule is CC(C)C1CCN(C)CC1.CC(C)CN1CCCCC1.CC(C)CN1CCN(C)CC1. The molecular weight excluding hydrogens is 380 g/mol. The van der Waals surface area contributed by atoms with Crippen LogP contribution in [0, 0.1) is 23.7 Å². The average molecular weight is 439 g/mol. The molecule has 0 unspecified atom stereocenters. The number of piperidine rings is 2. The van der Waals surface area contributed by atoms with Crippen LogP contribution in [0.15, 0.2) is 0 Å². The van der Waals surface area contributed by atoms with Crippen LogP contribution in [-0.2, 0) is 0 Å². The molecule has 0 atom stereocenters. The third-order valence-electron chi connectivity index (χ3n) is 7.00. The van der Waals surface area contributed by atoms with Gasteiger partial charge in [0.2, 0.25) is 0 Å². The maximum Gasteiger partial charge on any atom is 0.0110 e. The predicted octanol–water partition coefficient (Wildman–Crippen LogP) is 5.00. The van der Waals surface area contributed by atoms with Crippen LogP contribution >= 0.6 is 0 Å². The van der Waals surface area contributed by atoms with Crippen molar-refractivity contribution in [3.8, 4) is 0 Å². The Bertz CT molecular complexity index is 401. The van der Waals surface area contributed by atoms with Gasteiger partial charge in [-0.1, -0.05) is 48.0 Å². The molecule has 0 aliphatic carbocycles. The van der Waals surface area contributed by atoms with Crippen molar-refractivity contribution >= 4 is 0 Å². The summed E-state index contributed by atoms with van der Waals surface area (Å²) < 4.78 is 0. The Morgan fingerprint density at radius 1 is 0.548 bits per heavy atom. The largest absolute Gasteiger partial charge is 0.306 e. The highest BCUT2D eigenvalue weighted by molar-refractivity contribution is 4.72. The molecule has 3 fully saturated rings. The molecule has 4 nitrogen and oxygen atoms in total. The Hall–Kier alpha value is -0.160. The third-order valence-corrected chi connectivity index (χ3v) is 7.00. The molecule has 0 spiro atoms. The standard InChI is InChI=1S/C9H20N2.2C9H19N/c1-9(2)8-11-6-4-10(3)5-7-11;1-8(2)9-4-6-10(3)7-5-9;1-9(2)8-10-6-4-3-5-7-10/h9H,4-8H2,1-3H3;8-9H,4-7H2,1-3H3;9H,3-8H2,1-2H3. The first-order valence-corrected chi connectivity index (χ1v) is 13.5. The lowest BCUT2D eigenvalue weighted by Gasteiger charge is -2.33. The molecule has 0 N–H and O–H groups in total. The molecule has 0 amide bonds. The first kappa shape index (κ1) is 28.9. The predicted molar refractivity (Wildman–Crippen MR) is 139 cm³/mol. The number of rotatable bonds is 5. The van der Waals surface area contributed by atoms with Crippen molar-refractivity contribution in [3.63, 3.8) is 0 Å². The maximum absolute atomic E-state index is 2.59. The zero-order valence-corrected chi connectivity index (χ0v) is 22.7. The van der Waals surface area contributed by atoms with Crippen LogP contribution in [-0.4, -0.2) is 99.1 Å². The number of likely N-dealkylation sites (N-methyl/N-ethyl adjacent to an activating group) is 1. The first-order chi connectivity index (χ1) is 14.7. The molecular formula is C27H58N4. The third kappa shape index (κ3) is 14.6. The Kier molecular flexibility index (Phi) is 15.3. The van der Waals surface area contributed by atoms with Gasteiger partial charge in [-0.05, 0) is 89.6 Å². The van der Waals surface area contributed by atoms with Gasteiger partial charge in [-0.2, -0.15) is 0 Å². The van der Waals surface area contributed by atoms with Crippen molar-refractivity contribution in [2.24, 2.45) is 23.7 Å². The summed E-state index contributed by atoms with van der Waals surface area (Å²) in [5.74, 6) is 3.56. The van der Waals surface area contributed by atoms with Gasteiger partial charge in [0.05, 0.1) is 0 Å². The van der Waals surface area contributed by atoms with Crippen molar-refractivity contribution < 1.29 is 0 Å². The minimum absolute atomic E-state index is 0.818. The highest BCUT2D eigenvalue weighted by Gasteiger charge is 2.18. The van der Waals surface area contributed by atoms with Gasteiger partial charge in [0.15, 0.2) is 0 Å². The quantitative estimate of drug-likeness (QED) is 0.598. The normalized spacial score (nSPS) is 22.9. The van der Waals surface area contributed by atoms with E-state index in [9.17, 15) is 0 Å². The molecule has 186 valence electrons. The Morgan fingerprint density at radius 3 is 1.39 bits per heavy atom. The Labute approximate surface area is 196 Å². The summed E-state index contributed by atoms with van der Waals surface area (Å²) in [6.45, 7) is 26.8. The molecule has 0 aromatic carbocycles. The van der Waals surface area contributed by atoms with E-state index in [0.29, 0.717) is 0 Å². The second kappa shape index (κ2) is 16.5. The lowest BCUT2D eigenvalue weighted by Crippen LogP contribution is -2.45. The van der Waals surface area contributed by atoms with Crippen LogP contribution in [0.2, 0.25) is 0 Å². The van der Waals surface area contributed by atoms with E-state index < -0.39 is 0 Å². The van der Waals surface area contributed by atoms with Crippen LogP contribution < -0.4 is 0 Å². The van der Waals surface area contributed by atoms with E-state index >= 15 is 0 Å². The summed E-state index contributed by atoms with van der Waals surface area (Å²) >= 11 is 0. The number of hydrogen-bond acceptors (Lipinski definition) is 4. The fourth-order valence-electron chi connectivity index (χ4n) is 4.90. The van der Waals surface area contributed by atoms with Gasteiger partial charge >= 0.3 is 0 Å². The molecule has 3 aliphatic rings. The lowest BCUT2D eigenvalue weighted by molar-refractivity contribution is 0.141. The average Bonchev–Trinajstić information content (AvgIpc) is 2.71. The molecule has 4 heteroatoms. The summed E-state index contributed by atoms with van der Waals surface area (Å²) in [7, 11) is 4.42. The van der Waals surface area contributed by atoms with E-state index in [2.05, 4.69) is 75.2 Å². The van der Waals surface area contributed by atoms with Crippen LogP contribution in [0.25, 0.3) is 0 Å². The number of piperazine rings is 1. The number of likely N-dealkylation sites (tertiary alicyclic amines) is 2. The topological polar surface area (TPSA) is 13.0 Å². The van der Waals surface area contributed by atoms with Crippen molar-refractivity contribution in [3.05, 3.63) is 0 Å². The molecule has 0 radical (unpaired) electrons. The fourth-order valence-corrected chi connectivity index (χ4v) is 4.90. The number of nitrogens with zero attached hydrogens (tertiary/aromatic N) is 4. The van der Waals surface area contributed by atoms with Gasteiger partial charge in [0.1, 0.15) is 0 Å². The van der Waals surface area contributed by atoms with Gasteiger partial charge in [-0.25, -0.2) is 0 Å². The maximum atomic E-state index is 2.59. The van der Waals surface area contributed by atoms with E-state index in [-0.39, 0.29) is 0 Å². The van der Waals surface area contributed by atoms with Crippen molar-refractivity contribution in [2.75, 3.05) is 79.5 Å². The highest BCUT2D eigenvalue weighted by atomic mass is 15.2. The van der Waals surface area contributed by atoms with Gasteiger partial charge in [0, 0.05) is 39.3 Å². The van der Waals surface area contributed by atoms with Gasteiger partial charge in [-0.3, -0.25) is 0 Å². The highest BCUT2D eigenvalue weighted by Crippen LogP contribution is 2.23. The molecule has 0 saturated carbocycles. The summed E-state index contributed by atoms with van der Waals surface area (Å²) in [5, 5.41) is 0. The van der Waals surface area contributed by atoms with E-state index in [1.807, 2.05) is 0 Å². The second-order valence-electron chi connectivity index (χ2n) is 11.6. The van der Waals surface area contributed by atoms with E-state index in [1.165, 1.54) is 97.6 Å².